The van der Waals surface area contributed by atoms with Gasteiger partial charge in [0.1, 0.15) is 0 Å². The number of allylic oxidation sites excluding steroid dienone is 1. The highest BCUT2D eigenvalue weighted by Crippen LogP contribution is 2.42. The molecule has 0 aromatic heterocycles. The van der Waals surface area contributed by atoms with Gasteiger partial charge in [0.2, 0.25) is 0 Å². The van der Waals surface area contributed by atoms with Crippen LogP contribution in [0.15, 0.2) is 12.3 Å². The maximum Gasteiger partial charge on any atom is 0.0881 e. The summed E-state index contributed by atoms with van der Waals surface area (Å²) < 4.78 is 5.80. The first-order chi connectivity index (χ1) is 6.22. The molecule has 0 atom stereocenters. The summed E-state index contributed by atoms with van der Waals surface area (Å²) >= 11 is 0. The van der Waals surface area contributed by atoms with Gasteiger partial charge in [-0.2, -0.15) is 0 Å². The summed E-state index contributed by atoms with van der Waals surface area (Å²) in [6, 6.07) is 0. The normalized spacial score (nSPS) is 39.5. The molecule has 1 saturated heterocycles. The molecule has 0 unspecified atom stereocenters. The van der Waals surface area contributed by atoms with Crippen LogP contribution in [0.5, 0.6) is 0 Å². The molecule has 0 radical (unpaired) electrons. The van der Waals surface area contributed by atoms with Crippen molar-refractivity contribution < 1.29 is 9.84 Å². The highest BCUT2D eigenvalue weighted by molar-refractivity contribution is 4.97. The van der Waals surface area contributed by atoms with Crippen molar-refractivity contribution in [2.75, 3.05) is 6.61 Å². The van der Waals surface area contributed by atoms with Gasteiger partial charge in [0.25, 0.3) is 0 Å². The largest absolute Gasteiger partial charge is 0.513 e. The molecule has 1 heterocycles. The van der Waals surface area contributed by atoms with Crippen LogP contribution in [-0.2, 0) is 4.74 Å². The topological polar surface area (TPSA) is 29.5 Å². The number of hydrogen-bond acceptors (Lipinski definition) is 2. The van der Waals surface area contributed by atoms with Crippen LogP contribution >= 0.6 is 0 Å². The molecule has 2 nitrogen and oxygen atoms in total. The molecule has 1 aliphatic heterocycles. The van der Waals surface area contributed by atoms with Crippen LogP contribution in [0.3, 0.4) is 0 Å². The van der Waals surface area contributed by atoms with E-state index in [1.807, 2.05) is 0 Å². The first kappa shape index (κ1) is 9.07. The van der Waals surface area contributed by atoms with E-state index in [4.69, 9.17) is 4.74 Å². The van der Waals surface area contributed by atoms with Gasteiger partial charge in [0.15, 0.2) is 0 Å². The Kier molecular flexibility index (Phi) is 2.33. The van der Waals surface area contributed by atoms with Crippen LogP contribution in [0.25, 0.3) is 0 Å². The van der Waals surface area contributed by atoms with Gasteiger partial charge in [-0.25, -0.2) is 0 Å². The van der Waals surface area contributed by atoms with E-state index in [0.29, 0.717) is 11.7 Å². The van der Waals surface area contributed by atoms with E-state index >= 15 is 0 Å². The van der Waals surface area contributed by atoms with Crippen molar-refractivity contribution in [3.8, 4) is 0 Å². The Morgan fingerprint density at radius 3 is 2.46 bits per heavy atom. The van der Waals surface area contributed by atoms with Crippen LogP contribution < -0.4 is 0 Å². The van der Waals surface area contributed by atoms with E-state index in [-0.39, 0.29) is 5.60 Å². The monoisotopic (exact) mass is 182 g/mol. The minimum absolute atomic E-state index is 0.186. The summed E-state index contributed by atoms with van der Waals surface area (Å²) in [5.41, 5.74) is 0.186. The Morgan fingerprint density at radius 2 is 2.00 bits per heavy atom. The van der Waals surface area contributed by atoms with Gasteiger partial charge in [-0.15, -0.1) is 0 Å². The molecule has 74 valence electrons. The molecule has 2 fully saturated rings. The fraction of sp³-hybridized carbons (Fsp3) is 0.818. The molecule has 1 N–H and O–H groups in total. The van der Waals surface area contributed by atoms with Crippen molar-refractivity contribution in [1.82, 2.24) is 0 Å². The molecular weight excluding hydrogens is 164 g/mol. The second-order valence-electron chi connectivity index (χ2n) is 4.40. The number of hydrogen-bond donors (Lipinski definition) is 1. The smallest absolute Gasteiger partial charge is 0.0881 e. The summed E-state index contributed by atoms with van der Waals surface area (Å²) in [5, 5.41) is 9.27. The van der Waals surface area contributed by atoms with Crippen LogP contribution in [0.2, 0.25) is 0 Å². The highest BCUT2D eigenvalue weighted by atomic mass is 16.5. The fourth-order valence-corrected chi connectivity index (χ4v) is 2.63. The Bertz CT molecular complexity index is 194. The fourth-order valence-electron chi connectivity index (χ4n) is 2.63. The van der Waals surface area contributed by atoms with E-state index in [2.05, 4.69) is 6.58 Å². The quantitative estimate of drug-likeness (QED) is 0.632. The standard InChI is InChI=1S/C11H18O2/c1-9(12)10-3-6-11(7-4-10)5-2-8-13-11/h10,12H,1-8H2. The number of aliphatic hydroxyl groups excluding tert-OH is 1. The third-order valence-corrected chi connectivity index (χ3v) is 3.55. The average molecular weight is 182 g/mol. The van der Waals surface area contributed by atoms with Crippen LogP contribution in [0.1, 0.15) is 38.5 Å². The molecule has 2 aliphatic rings. The highest BCUT2D eigenvalue weighted by Gasteiger charge is 2.39. The summed E-state index contributed by atoms with van der Waals surface area (Å²) in [4.78, 5) is 0. The van der Waals surface area contributed by atoms with Gasteiger partial charge >= 0.3 is 0 Å². The summed E-state index contributed by atoms with van der Waals surface area (Å²) in [7, 11) is 0. The second-order valence-corrected chi connectivity index (χ2v) is 4.40. The van der Waals surface area contributed by atoms with Crippen molar-refractivity contribution in [1.29, 1.82) is 0 Å². The maximum atomic E-state index is 9.27. The first-order valence-corrected chi connectivity index (χ1v) is 5.24. The van der Waals surface area contributed by atoms with E-state index in [9.17, 15) is 5.11 Å². The van der Waals surface area contributed by atoms with Crippen LogP contribution in [0.4, 0.5) is 0 Å². The van der Waals surface area contributed by atoms with Gasteiger partial charge in [-0.05, 0) is 38.5 Å². The van der Waals surface area contributed by atoms with Crippen LogP contribution in [-0.4, -0.2) is 17.3 Å². The lowest BCUT2D eigenvalue weighted by atomic mass is 9.77. The van der Waals surface area contributed by atoms with E-state index in [0.717, 1.165) is 32.3 Å². The molecule has 0 amide bonds. The van der Waals surface area contributed by atoms with Crippen molar-refractivity contribution in [2.45, 2.75) is 44.1 Å². The zero-order chi connectivity index (χ0) is 9.31. The Balaban J connectivity index is 1.91. The Hall–Kier alpha value is -0.500. The third kappa shape index (κ3) is 1.73. The lowest BCUT2D eigenvalue weighted by Gasteiger charge is -2.36. The van der Waals surface area contributed by atoms with E-state index in [1.165, 1.54) is 12.8 Å². The van der Waals surface area contributed by atoms with Crippen molar-refractivity contribution >= 4 is 0 Å². The van der Waals surface area contributed by atoms with Crippen molar-refractivity contribution in [3.63, 3.8) is 0 Å². The SMILES string of the molecule is C=C(O)C1CCC2(CCCO2)CC1. The van der Waals surface area contributed by atoms with Crippen molar-refractivity contribution in [2.24, 2.45) is 5.92 Å². The zero-order valence-corrected chi connectivity index (χ0v) is 8.09. The van der Waals surface area contributed by atoms with Gasteiger partial charge in [0, 0.05) is 12.5 Å². The number of aliphatic hydroxyl groups is 1. The molecular formula is C11H18O2. The predicted octanol–water partition coefficient (Wildman–Crippen LogP) is 2.80. The van der Waals surface area contributed by atoms with Crippen LogP contribution in [0, 0.1) is 5.92 Å². The van der Waals surface area contributed by atoms with E-state index < -0.39 is 0 Å². The molecule has 0 bridgehead atoms. The van der Waals surface area contributed by atoms with Gasteiger partial charge < -0.3 is 9.84 Å². The molecule has 2 heteroatoms. The predicted molar refractivity (Wildman–Crippen MR) is 51.6 cm³/mol. The first-order valence-electron chi connectivity index (χ1n) is 5.24. The molecule has 1 saturated carbocycles. The Labute approximate surface area is 79.6 Å². The lowest BCUT2D eigenvalue weighted by Crippen LogP contribution is -2.33. The van der Waals surface area contributed by atoms with Gasteiger partial charge in [-0.1, -0.05) is 6.58 Å². The number of rotatable bonds is 1. The maximum absolute atomic E-state index is 9.27. The minimum Gasteiger partial charge on any atom is -0.513 e. The average Bonchev–Trinajstić information content (AvgIpc) is 2.54. The summed E-state index contributed by atoms with van der Waals surface area (Å²) in [6.07, 6.45) is 6.75. The molecule has 1 aliphatic carbocycles. The molecule has 0 aromatic rings. The third-order valence-electron chi connectivity index (χ3n) is 3.55. The summed E-state index contributed by atoms with van der Waals surface area (Å²) in [6.45, 7) is 4.54. The molecule has 2 rings (SSSR count). The summed E-state index contributed by atoms with van der Waals surface area (Å²) in [5.74, 6) is 0.697. The minimum atomic E-state index is 0.186. The molecule has 1 spiro atoms. The second kappa shape index (κ2) is 3.33. The lowest BCUT2D eigenvalue weighted by molar-refractivity contribution is -0.0343. The van der Waals surface area contributed by atoms with E-state index in [1.54, 1.807) is 0 Å². The number of ether oxygens (including phenoxy) is 1. The van der Waals surface area contributed by atoms with Gasteiger partial charge in [-0.3, -0.25) is 0 Å². The van der Waals surface area contributed by atoms with Gasteiger partial charge in [0.05, 0.1) is 11.4 Å². The molecule has 13 heavy (non-hydrogen) atoms. The Morgan fingerprint density at radius 1 is 1.31 bits per heavy atom. The zero-order valence-electron chi connectivity index (χ0n) is 8.09. The molecule has 0 aromatic carbocycles. The van der Waals surface area contributed by atoms with Crippen molar-refractivity contribution in [3.05, 3.63) is 12.3 Å².